The van der Waals surface area contributed by atoms with Gasteiger partial charge in [0.05, 0.1) is 31.6 Å². The van der Waals surface area contributed by atoms with Gasteiger partial charge in [0.25, 0.3) is 0 Å². The van der Waals surface area contributed by atoms with E-state index in [1.165, 1.54) is 18.3 Å². The van der Waals surface area contributed by atoms with Gasteiger partial charge < -0.3 is 14.4 Å². The number of nitrogens with zero attached hydrogens (tertiary/aromatic N) is 3. The van der Waals surface area contributed by atoms with E-state index in [2.05, 4.69) is 4.98 Å². The molecule has 8 heteroatoms. The average Bonchev–Trinajstić information content (AvgIpc) is 3.53. The normalized spacial score (nSPS) is 15.5. The second-order valence-electron chi connectivity index (χ2n) is 7.88. The van der Waals surface area contributed by atoms with Crippen LogP contribution in [0.15, 0.2) is 60.0 Å². The molecule has 0 N–H and O–H groups in total. The van der Waals surface area contributed by atoms with Crippen molar-refractivity contribution >= 4 is 40.0 Å². The molecule has 0 spiro atoms. The number of hydrogen-bond acceptors (Lipinski definition) is 6. The predicted molar refractivity (Wildman–Crippen MR) is 134 cm³/mol. The quantitative estimate of drug-likeness (QED) is 0.436. The lowest BCUT2D eigenvalue weighted by molar-refractivity contribution is -0.126. The number of carbonyl (C=O) groups is 2. The third kappa shape index (κ3) is 4.97. The Labute approximate surface area is 203 Å². The third-order valence-electron chi connectivity index (χ3n) is 5.76. The van der Waals surface area contributed by atoms with Gasteiger partial charge in [0.15, 0.2) is 5.13 Å². The standard InChI is InChI=1S/C26H27N3O4S/c1-18(30)29(20-8-5-4-6-9-20)26-27-19(17-34-26)11-14-25(31)28-15-7-10-23(28)22-16-21(32-2)12-13-24(22)33-3/h4-6,8-9,11-14,16-17,23H,7,10,15H2,1-3H3/b14-11+. The van der Waals surface area contributed by atoms with Crippen LogP contribution in [0, 0.1) is 0 Å². The Balaban J connectivity index is 1.52. The summed E-state index contributed by atoms with van der Waals surface area (Å²) in [4.78, 5) is 33.3. The van der Waals surface area contributed by atoms with Crippen LogP contribution in [-0.4, -0.2) is 42.5 Å². The van der Waals surface area contributed by atoms with Crippen LogP contribution < -0.4 is 14.4 Å². The highest BCUT2D eigenvalue weighted by molar-refractivity contribution is 7.14. The van der Waals surface area contributed by atoms with Crippen molar-refractivity contribution in [2.75, 3.05) is 25.7 Å². The van der Waals surface area contributed by atoms with E-state index in [-0.39, 0.29) is 17.9 Å². The van der Waals surface area contributed by atoms with Crippen molar-refractivity contribution in [3.8, 4) is 11.5 Å². The second-order valence-corrected chi connectivity index (χ2v) is 8.71. The minimum absolute atomic E-state index is 0.0838. The van der Waals surface area contributed by atoms with Crippen molar-refractivity contribution in [2.45, 2.75) is 25.8 Å². The molecule has 0 aliphatic carbocycles. The van der Waals surface area contributed by atoms with E-state index in [4.69, 9.17) is 9.47 Å². The van der Waals surface area contributed by atoms with Crippen molar-refractivity contribution < 1.29 is 19.1 Å². The molecule has 0 saturated carbocycles. The third-order valence-corrected chi connectivity index (χ3v) is 6.60. The number of methoxy groups -OCH3 is 2. The highest BCUT2D eigenvalue weighted by Gasteiger charge is 2.31. The summed E-state index contributed by atoms with van der Waals surface area (Å²) in [5, 5.41) is 2.40. The number of benzene rings is 2. The highest BCUT2D eigenvalue weighted by atomic mass is 32.1. The lowest BCUT2D eigenvalue weighted by Gasteiger charge is -2.25. The van der Waals surface area contributed by atoms with E-state index < -0.39 is 0 Å². The van der Waals surface area contributed by atoms with E-state index >= 15 is 0 Å². The molecule has 3 aromatic rings. The zero-order chi connectivity index (χ0) is 24.1. The highest BCUT2D eigenvalue weighted by Crippen LogP contribution is 2.39. The minimum Gasteiger partial charge on any atom is -0.497 e. The van der Waals surface area contributed by atoms with Crippen LogP contribution in [0.4, 0.5) is 10.8 Å². The van der Waals surface area contributed by atoms with Gasteiger partial charge in [-0.2, -0.15) is 0 Å². The molecule has 34 heavy (non-hydrogen) atoms. The Kier molecular flexibility index (Phi) is 7.27. The SMILES string of the molecule is COc1ccc(OC)c(C2CCCN2C(=O)/C=C/c2csc(N(C(C)=O)c3ccccc3)n2)c1. The summed E-state index contributed by atoms with van der Waals surface area (Å²) >= 11 is 1.36. The van der Waals surface area contributed by atoms with Crippen LogP contribution in [0.5, 0.6) is 11.5 Å². The van der Waals surface area contributed by atoms with Crippen molar-refractivity contribution in [1.82, 2.24) is 9.88 Å². The van der Waals surface area contributed by atoms with E-state index in [0.717, 1.165) is 35.6 Å². The first-order valence-corrected chi connectivity index (χ1v) is 11.9. The van der Waals surface area contributed by atoms with Crippen molar-refractivity contribution in [3.63, 3.8) is 0 Å². The van der Waals surface area contributed by atoms with E-state index in [0.29, 0.717) is 17.4 Å². The monoisotopic (exact) mass is 477 g/mol. The van der Waals surface area contributed by atoms with Crippen LogP contribution in [-0.2, 0) is 9.59 Å². The fraction of sp³-hybridized carbons (Fsp3) is 0.269. The number of amides is 2. The van der Waals surface area contributed by atoms with Gasteiger partial charge in [0, 0.05) is 30.5 Å². The average molecular weight is 478 g/mol. The molecule has 4 rings (SSSR count). The Morgan fingerprint density at radius 2 is 1.94 bits per heavy atom. The summed E-state index contributed by atoms with van der Waals surface area (Å²) in [7, 11) is 3.25. The molecule has 0 radical (unpaired) electrons. The maximum Gasteiger partial charge on any atom is 0.247 e. The first-order valence-electron chi connectivity index (χ1n) is 11.0. The molecule has 0 bridgehead atoms. The number of rotatable bonds is 7. The molecule has 1 fully saturated rings. The Morgan fingerprint density at radius 3 is 2.65 bits per heavy atom. The topological polar surface area (TPSA) is 72.0 Å². The number of hydrogen-bond donors (Lipinski definition) is 0. The molecular formula is C26H27N3O4S. The Bertz CT molecular complexity index is 1190. The lowest BCUT2D eigenvalue weighted by atomic mass is 10.0. The minimum atomic E-state index is -0.126. The first kappa shape index (κ1) is 23.5. The maximum absolute atomic E-state index is 13.1. The van der Waals surface area contributed by atoms with Gasteiger partial charge in [0.2, 0.25) is 11.8 Å². The van der Waals surface area contributed by atoms with Crippen molar-refractivity contribution in [1.29, 1.82) is 0 Å². The second kappa shape index (κ2) is 10.5. The smallest absolute Gasteiger partial charge is 0.247 e. The first-order chi connectivity index (χ1) is 16.5. The van der Waals surface area contributed by atoms with Gasteiger partial charge in [-0.1, -0.05) is 18.2 Å². The summed E-state index contributed by atoms with van der Waals surface area (Å²) in [6.45, 7) is 2.18. The molecule has 1 saturated heterocycles. The number of carbonyl (C=O) groups excluding carboxylic acids is 2. The van der Waals surface area contributed by atoms with Gasteiger partial charge in [0.1, 0.15) is 11.5 Å². The molecular weight excluding hydrogens is 450 g/mol. The van der Waals surface area contributed by atoms with Crippen molar-refractivity contribution in [3.05, 3.63) is 71.2 Å². The van der Waals surface area contributed by atoms with Crippen LogP contribution in [0.1, 0.15) is 37.1 Å². The van der Waals surface area contributed by atoms with Crippen molar-refractivity contribution in [2.24, 2.45) is 0 Å². The molecule has 1 aliphatic rings. The summed E-state index contributed by atoms with van der Waals surface area (Å²) in [5.41, 5.74) is 2.32. The molecule has 2 heterocycles. The van der Waals surface area contributed by atoms with E-state index in [9.17, 15) is 9.59 Å². The Hall–Kier alpha value is -3.65. The summed E-state index contributed by atoms with van der Waals surface area (Å²) in [6.07, 6.45) is 5.01. The molecule has 1 aromatic heterocycles. The summed E-state index contributed by atoms with van der Waals surface area (Å²) in [5.74, 6) is 1.26. The van der Waals surface area contributed by atoms with Crippen LogP contribution >= 0.6 is 11.3 Å². The number of thiazole rings is 1. The zero-order valence-electron chi connectivity index (χ0n) is 19.4. The fourth-order valence-electron chi connectivity index (χ4n) is 4.17. The predicted octanol–water partition coefficient (Wildman–Crippen LogP) is 5.22. The molecule has 1 aliphatic heterocycles. The fourth-order valence-corrected chi connectivity index (χ4v) is 5.02. The molecule has 1 atom stereocenters. The number of ether oxygens (including phenoxy) is 2. The van der Waals surface area contributed by atoms with Gasteiger partial charge in [-0.15, -0.1) is 11.3 Å². The van der Waals surface area contributed by atoms with Gasteiger partial charge in [-0.3, -0.25) is 14.5 Å². The Morgan fingerprint density at radius 1 is 1.15 bits per heavy atom. The van der Waals surface area contributed by atoms with Crippen LogP contribution in [0.2, 0.25) is 0 Å². The summed E-state index contributed by atoms with van der Waals surface area (Å²) < 4.78 is 10.9. The van der Waals surface area contributed by atoms with Gasteiger partial charge in [-0.05, 0) is 49.2 Å². The summed E-state index contributed by atoms with van der Waals surface area (Å²) in [6, 6.07) is 15.0. The maximum atomic E-state index is 13.1. The van der Waals surface area contributed by atoms with Gasteiger partial charge in [-0.25, -0.2) is 4.98 Å². The van der Waals surface area contributed by atoms with E-state index in [1.807, 2.05) is 58.8 Å². The molecule has 2 aromatic carbocycles. The number of anilines is 2. The molecule has 7 nitrogen and oxygen atoms in total. The van der Waals surface area contributed by atoms with E-state index in [1.54, 1.807) is 31.3 Å². The number of para-hydroxylation sites is 1. The lowest BCUT2D eigenvalue weighted by Crippen LogP contribution is -2.29. The molecule has 176 valence electrons. The molecule has 2 amide bonds. The zero-order valence-corrected chi connectivity index (χ0v) is 20.2. The molecule has 1 unspecified atom stereocenters. The number of aromatic nitrogens is 1. The van der Waals surface area contributed by atoms with Gasteiger partial charge >= 0.3 is 0 Å². The number of likely N-dealkylation sites (tertiary alicyclic amines) is 1. The largest absolute Gasteiger partial charge is 0.497 e. The van der Waals surface area contributed by atoms with Crippen LogP contribution in [0.3, 0.4) is 0 Å². The van der Waals surface area contributed by atoms with Crippen LogP contribution in [0.25, 0.3) is 6.08 Å².